The average Bonchev–Trinajstić information content (AvgIpc) is 3.14. The molecule has 2 heterocycles. The molecule has 1 amide bonds. The van der Waals surface area contributed by atoms with Crippen molar-refractivity contribution in [3.05, 3.63) is 83.9 Å². The van der Waals surface area contributed by atoms with Gasteiger partial charge in [0.1, 0.15) is 12.4 Å². The van der Waals surface area contributed by atoms with Gasteiger partial charge < -0.3 is 9.64 Å². The third-order valence-electron chi connectivity index (χ3n) is 5.75. The molecular weight excluding hydrogens is 412 g/mol. The first-order chi connectivity index (χ1) is 15.0. The summed E-state index contributed by atoms with van der Waals surface area (Å²) in [4.78, 5) is 15.3. The molecule has 0 saturated heterocycles. The molecule has 0 unspecified atom stereocenters. The molecule has 0 radical (unpaired) electrons. The zero-order valence-corrected chi connectivity index (χ0v) is 17.9. The van der Waals surface area contributed by atoms with Gasteiger partial charge in [0.2, 0.25) is 0 Å². The minimum Gasteiger partial charge on any atom is -0.490 e. The Morgan fingerprint density at radius 2 is 1.71 bits per heavy atom. The van der Waals surface area contributed by atoms with Gasteiger partial charge in [0.15, 0.2) is 0 Å². The van der Waals surface area contributed by atoms with Gasteiger partial charge in [0, 0.05) is 11.6 Å². The molecule has 0 saturated carbocycles. The number of nitrogens with zero attached hydrogens (tertiary/aromatic N) is 2. The molecule has 0 fully saturated rings. The number of para-hydroxylation sites is 2. The summed E-state index contributed by atoms with van der Waals surface area (Å²) in [5.74, 6) is 0.576. The van der Waals surface area contributed by atoms with Gasteiger partial charge in [-0.1, -0.05) is 30.3 Å². The highest BCUT2D eigenvalue weighted by Crippen LogP contribution is 2.38. The lowest BCUT2D eigenvalue weighted by Gasteiger charge is -2.29. The van der Waals surface area contributed by atoms with Crippen LogP contribution < -0.4 is 13.9 Å². The quantitative estimate of drug-likeness (QED) is 0.628. The minimum absolute atomic E-state index is 0.115. The first-order valence-electron chi connectivity index (χ1n) is 10.2. The Morgan fingerprint density at radius 1 is 0.968 bits per heavy atom. The van der Waals surface area contributed by atoms with Gasteiger partial charge in [-0.2, -0.15) is 0 Å². The third kappa shape index (κ3) is 3.25. The minimum atomic E-state index is -3.67. The molecule has 31 heavy (non-hydrogen) atoms. The van der Waals surface area contributed by atoms with E-state index in [9.17, 15) is 13.2 Å². The normalized spacial score (nSPS) is 17.6. The molecular formula is C24H22N2O4S. The van der Waals surface area contributed by atoms with Crippen molar-refractivity contribution in [1.82, 2.24) is 0 Å². The van der Waals surface area contributed by atoms with Crippen molar-refractivity contribution < 1.29 is 17.9 Å². The SMILES string of the molecule is C[C@H]1Cc2cc(C(=O)N3CCOc4ccccc43)ccc2N1S(=O)(=O)c1ccccc1. The summed E-state index contributed by atoms with van der Waals surface area (Å²) in [5.41, 5.74) is 2.79. The molecule has 0 bridgehead atoms. The fourth-order valence-corrected chi connectivity index (χ4v) is 6.06. The number of hydrogen-bond donors (Lipinski definition) is 0. The highest BCUT2D eigenvalue weighted by molar-refractivity contribution is 7.92. The number of hydrogen-bond acceptors (Lipinski definition) is 4. The van der Waals surface area contributed by atoms with Crippen LogP contribution in [0.1, 0.15) is 22.8 Å². The van der Waals surface area contributed by atoms with Crippen molar-refractivity contribution in [3.8, 4) is 5.75 Å². The molecule has 158 valence electrons. The molecule has 5 rings (SSSR count). The summed E-state index contributed by atoms with van der Waals surface area (Å²) in [6, 6.07) is 21.0. The molecule has 0 N–H and O–H groups in total. The Labute approximate surface area is 181 Å². The van der Waals surface area contributed by atoms with Crippen LogP contribution in [-0.4, -0.2) is 33.5 Å². The van der Waals surface area contributed by atoms with Gasteiger partial charge in [-0.3, -0.25) is 9.10 Å². The number of carbonyl (C=O) groups excluding carboxylic acids is 1. The van der Waals surface area contributed by atoms with Crippen molar-refractivity contribution in [3.63, 3.8) is 0 Å². The van der Waals surface area contributed by atoms with Crippen molar-refractivity contribution in [2.75, 3.05) is 22.4 Å². The maximum atomic E-state index is 13.3. The number of benzene rings is 3. The molecule has 2 aliphatic heterocycles. The Kier molecular flexibility index (Phi) is 4.70. The van der Waals surface area contributed by atoms with Crippen LogP contribution in [0.4, 0.5) is 11.4 Å². The lowest BCUT2D eigenvalue weighted by Crippen LogP contribution is -2.38. The van der Waals surface area contributed by atoms with E-state index in [1.54, 1.807) is 47.4 Å². The number of rotatable bonds is 3. The number of fused-ring (bicyclic) bond motifs is 2. The van der Waals surface area contributed by atoms with Gasteiger partial charge in [0.25, 0.3) is 15.9 Å². The second-order valence-electron chi connectivity index (χ2n) is 7.78. The summed E-state index contributed by atoms with van der Waals surface area (Å²) < 4.78 is 33.6. The number of carbonyl (C=O) groups is 1. The van der Waals surface area contributed by atoms with E-state index in [2.05, 4.69) is 0 Å². The van der Waals surface area contributed by atoms with E-state index in [4.69, 9.17) is 4.74 Å². The lowest BCUT2D eigenvalue weighted by molar-refractivity contribution is 0.0976. The highest BCUT2D eigenvalue weighted by atomic mass is 32.2. The third-order valence-corrected chi connectivity index (χ3v) is 7.70. The van der Waals surface area contributed by atoms with Crippen molar-refractivity contribution >= 4 is 27.3 Å². The Balaban J connectivity index is 1.49. The molecule has 7 heteroatoms. The van der Waals surface area contributed by atoms with Gasteiger partial charge in [-0.15, -0.1) is 0 Å². The Hall–Kier alpha value is -3.32. The van der Waals surface area contributed by atoms with Crippen LogP contribution >= 0.6 is 0 Å². The maximum Gasteiger partial charge on any atom is 0.264 e. The molecule has 0 aromatic heterocycles. The van der Waals surface area contributed by atoms with Crippen LogP contribution in [0.15, 0.2) is 77.7 Å². The average molecular weight is 435 g/mol. The largest absolute Gasteiger partial charge is 0.490 e. The van der Waals surface area contributed by atoms with Crippen molar-refractivity contribution in [2.24, 2.45) is 0 Å². The zero-order chi connectivity index (χ0) is 21.6. The summed E-state index contributed by atoms with van der Waals surface area (Å²) >= 11 is 0. The molecule has 6 nitrogen and oxygen atoms in total. The topological polar surface area (TPSA) is 66.9 Å². The Bertz CT molecular complexity index is 1260. The Morgan fingerprint density at radius 3 is 2.52 bits per heavy atom. The van der Waals surface area contributed by atoms with Crippen LogP contribution in [0.5, 0.6) is 5.75 Å². The number of ether oxygens (including phenoxy) is 1. The van der Waals surface area contributed by atoms with Crippen LogP contribution in [0, 0.1) is 0 Å². The fraction of sp³-hybridized carbons (Fsp3) is 0.208. The zero-order valence-electron chi connectivity index (χ0n) is 17.1. The lowest BCUT2D eigenvalue weighted by atomic mass is 10.1. The standard InChI is InChI=1S/C24H22N2O4S/c1-17-15-19-16-18(24(27)25-13-14-30-23-10-6-5-9-22(23)25)11-12-21(19)26(17)31(28,29)20-7-3-2-4-8-20/h2-12,16-17H,13-15H2,1H3/t17-/m0/s1. The number of sulfonamides is 1. The van der Waals surface area contributed by atoms with Crippen LogP contribution in [0.25, 0.3) is 0 Å². The number of anilines is 2. The second kappa shape index (κ2) is 7.42. The van der Waals surface area contributed by atoms with E-state index < -0.39 is 10.0 Å². The van der Waals surface area contributed by atoms with Gasteiger partial charge in [0.05, 0.1) is 22.8 Å². The van der Waals surface area contributed by atoms with E-state index in [0.29, 0.717) is 36.6 Å². The molecule has 1 atom stereocenters. The monoisotopic (exact) mass is 434 g/mol. The fourth-order valence-electron chi connectivity index (χ4n) is 4.34. The maximum absolute atomic E-state index is 13.3. The molecule has 3 aromatic carbocycles. The first kappa shape index (κ1) is 19.6. The van der Waals surface area contributed by atoms with Crippen LogP contribution in [0.3, 0.4) is 0 Å². The van der Waals surface area contributed by atoms with Crippen molar-refractivity contribution in [1.29, 1.82) is 0 Å². The summed E-state index contributed by atoms with van der Waals surface area (Å²) in [6.45, 7) is 2.80. The predicted molar refractivity (Wildman–Crippen MR) is 119 cm³/mol. The molecule has 0 aliphatic carbocycles. The molecule has 0 spiro atoms. The summed E-state index contributed by atoms with van der Waals surface area (Å²) in [7, 11) is -3.67. The van der Waals surface area contributed by atoms with E-state index in [-0.39, 0.29) is 16.8 Å². The number of amides is 1. The molecule has 3 aromatic rings. The summed E-state index contributed by atoms with van der Waals surface area (Å²) in [6.07, 6.45) is 0.558. The molecule has 2 aliphatic rings. The van der Waals surface area contributed by atoms with Gasteiger partial charge in [-0.25, -0.2) is 8.42 Å². The summed E-state index contributed by atoms with van der Waals surface area (Å²) in [5, 5.41) is 0. The predicted octanol–water partition coefficient (Wildman–Crippen LogP) is 3.87. The van der Waals surface area contributed by atoms with E-state index in [0.717, 1.165) is 11.3 Å². The van der Waals surface area contributed by atoms with E-state index >= 15 is 0 Å². The van der Waals surface area contributed by atoms with Crippen LogP contribution in [0.2, 0.25) is 0 Å². The highest BCUT2D eigenvalue weighted by Gasteiger charge is 2.36. The van der Waals surface area contributed by atoms with Crippen molar-refractivity contribution in [2.45, 2.75) is 24.3 Å². The first-order valence-corrected chi connectivity index (χ1v) is 11.7. The van der Waals surface area contributed by atoms with Gasteiger partial charge >= 0.3 is 0 Å². The van der Waals surface area contributed by atoms with Gasteiger partial charge in [-0.05, 0) is 61.4 Å². The van der Waals surface area contributed by atoms with E-state index in [1.807, 2.05) is 37.3 Å². The van der Waals surface area contributed by atoms with Crippen LogP contribution in [-0.2, 0) is 16.4 Å². The second-order valence-corrected chi connectivity index (χ2v) is 9.60. The smallest absolute Gasteiger partial charge is 0.264 e. The van der Waals surface area contributed by atoms with E-state index in [1.165, 1.54) is 4.31 Å².